The summed E-state index contributed by atoms with van der Waals surface area (Å²) in [5.41, 5.74) is -2.99. The lowest BCUT2D eigenvalue weighted by Crippen LogP contribution is -2.52. The predicted octanol–water partition coefficient (Wildman–Crippen LogP) is 5.32. The van der Waals surface area contributed by atoms with Gasteiger partial charge in [0, 0.05) is 17.8 Å². The van der Waals surface area contributed by atoms with Gasteiger partial charge >= 0.3 is 12.1 Å². The Morgan fingerprint density at radius 3 is 2.56 bits per heavy atom. The molecule has 1 fully saturated rings. The maximum atomic E-state index is 13.6. The summed E-state index contributed by atoms with van der Waals surface area (Å²) < 4.78 is 77.4. The van der Waals surface area contributed by atoms with Gasteiger partial charge < -0.3 is 5.11 Å². The monoisotopic (exact) mass is 398 g/mol. The minimum absolute atomic E-state index is 0.121. The van der Waals surface area contributed by atoms with Gasteiger partial charge in [-0.15, -0.1) is 0 Å². The average Bonchev–Trinajstić information content (AvgIpc) is 2.87. The number of carbonyl (C=O) groups excluding carboxylic acids is 1. The van der Waals surface area contributed by atoms with Crippen LogP contribution in [0, 0.1) is 11.3 Å². The lowest BCUT2D eigenvalue weighted by Gasteiger charge is -2.37. The zero-order valence-electron chi connectivity index (χ0n) is 15.1. The number of fused-ring (bicyclic) bond motifs is 1. The molecule has 0 aromatic carbocycles. The molecule has 1 unspecified atom stereocenters. The number of allylic oxidation sites excluding steroid dienone is 4. The number of rotatable bonds is 7. The molecule has 1 saturated carbocycles. The highest BCUT2D eigenvalue weighted by atomic mass is 19.4. The van der Waals surface area contributed by atoms with Gasteiger partial charge in [0.2, 0.25) is 0 Å². The van der Waals surface area contributed by atoms with E-state index in [0.29, 0.717) is 12.8 Å². The molecular weight excluding hydrogens is 374 g/mol. The molecule has 3 atom stereocenters. The minimum Gasteiger partial charge on any atom is -0.383 e. The first-order valence-corrected chi connectivity index (χ1v) is 8.97. The smallest absolute Gasteiger partial charge is 0.383 e. The summed E-state index contributed by atoms with van der Waals surface area (Å²) >= 11 is 0. The fourth-order valence-corrected chi connectivity index (χ4v) is 4.20. The summed E-state index contributed by atoms with van der Waals surface area (Å²) in [5, 5.41) is 9.84. The molecule has 0 aromatic heterocycles. The molecule has 1 N–H and O–H groups in total. The second-order valence-electron chi connectivity index (χ2n) is 7.79. The Balaban J connectivity index is 2.05. The Hall–Kier alpha value is -1.31. The lowest BCUT2D eigenvalue weighted by molar-refractivity contribution is -0.248. The molecule has 27 heavy (non-hydrogen) atoms. The van der Waals surface area contributed by atoms with Gasteiger partial charge in [0.1, 0.15) is 11.4 Å². The number of ketones is 1. The summed E-state index contributed by atoms with van der Waals surface area (Å²) in [5.74, 6) is -4.43. The van der Waals surface area contributed by atoms with Crippen LogP contribution in [0.5, 0.6) is 0 Å². The maximum Gasteiger partial charge on any atom is 0.392 e. The van der Waals surface area contributed by atoms with Crippen LogP contribution in [0.3, 0.4) is 0 Å². The van der Waals surface area contributed by atoms with Gasteiger partial charge in [-0.2, -0.15) is 13.2 Å². The van der Waals surface area contributed by atoms with Crippen molar-refractivity contribution < 1.29 is 36.2 Å². The molecule has 2 aliphatic rings. The first kappa shape index (κ1) is 22.0. The number of hydrogen-bond acceptors (Lipinski definition) is 2. The third-order valence-electron chi connectivity index (χ3n) is 5.87. The van der Waals surface area contributed by atoms with E-state index in [2.05, 4.69) is 0 Å². The summed E-state index contributed by atoms with van der Waals surface area (Å²) in [6, 6.07) is 0. The van der Waals surface area contributed by atoms with Crippen LogP contribution in [-0.2, 0) is 4.79 Å². The highest BCUT2D eigenvalue weighted by Gasteiger charge is 2.57. The fraction of sp³-hybridized carbons (Fsp3) is 0.737. The van der Waals surface area contributed by atoms with E-state index in [4.69, 9.17) is 0 Å². The van der Waals surface area contributed by atoms with Crippen LogP contribution in [-0.4, -0.2) is 35.3 Å². The summed E-state index contributed by atoms with van der Waals surface area (Å²) in [4.78, 5) is 12.0. The van der Waals surface area contributed by atoms with E-state index in [1.54, 1.807) is 6.08 Å². The van der Waals surface area contributed by atoms with Crippen LogP contribution in [0.15, 0.2) is 23.8 Å². The van der Waals surface area contributed by atoms with Crippen molar-refractivity contribution in [2.75, 3.05) is 6.67 Å². The molecule has 8 heteroatoms. The van der Waals surface area contributed by atoms with Gasteiger partial charge in [-0.1, -0.05) is 25.2 Å². The Morgan fingerprint density at radius 2 is 1.96 bits per heavy atom. The summed E-state index contributed by atoms with van der Waals surface area (Å²) in [6.45, 7) is -0.411. The lowest BCUT2D eigenvalue weighted by atomic mass is 9.66. The molecule has 0 amide bonds. The minimum atomic E-state index is -5.05. The van der Waals surface area contributed by atoms with Crippen molar-refractivity contribution in [1.82, 2.24) is 0 Å². The summed E-state index contributed by atoms with van der Waals surface area (Å²) in [6.07, 6.45) is -0.809. The average molecular weight is 398 g/mol. The largest absolute Gasteiger partial charge is 0.392 e. The van der Waals surface area contributed by atoms with Crippen LogP contribution in [0.4, 0.5) is 26.3 Å². The first-order valence-electron chi connectivity index (χ1n) is 8.97. The zero-order valence-corrected chi connectivity index (χ0v) is 15.1. The highest BCUT2D eigenvalue weighted by Crippen LogP contribution is 2.51. The highest BCUT2D eigenvalue weighted by molar-refractivity contribution is 5.84. The van der Waals surface area contributed by atoms with Crippen LogP contribution in [0.25, 0.3) is 0 Å². The van der Waals surface area contributed by atoms with Gasteiger partial charge in [-0.25, -0.2) is 13.2 Å². The number of aliphatic hydroxyl groups is 1. The second-order valence-corrected chi connectivity index (χ2v) is 7.79. The molecule has 0 spiro atoms. The van der Waals surface area contributed by atoms with Gasteiger partial charge in [-0.3, -0.25) is 4.79 Å². The van der Waals surface area contributed by atoms with Gasteiger partial charge in [0.05, 0.1) is 6.42 Å². The van der Waals surface area contributed by atoms with Crippen LogP contribution < -0.4 is 0 Å². The molecule has 2 aliphatic carbocycles. The topological polar surface area (TPSA) is 37.3 Å². The van der Waals surface area contributed by atoms with Crippen LogP contribution >= 0.6 is 0 Å². The molecule has 2 rings (SSSR count). The van der Waals surface area contributed by atoms with Crippen molar-refractivity contribution in [3.8, 4) is 0 Å². The molecule has 0 radical (unpaired) electrons. The number of Topliss-reactive ketones (excluding diaryl/α,β-unsaturated/α-hetero) is 1. The SMILES string of the molecule is C[C@]12CCCC(=O)[C@@H]1CC=C2/C=C/CCC(O)(CC(F)(F)F)C(F)(F)CF. The second kappa shape index (κ2) is 7.60. The molecule has 0 bridgehead atoms. The molecule has 2 nitrogen and oxygen atoms in total. The quantitative estimate of drug-likeness (QED) is 0.590. The van der Waals surface area contributed by atoms with Crippen LogP contribution in [0.2, 0.25) is 0 Å². The van der Waals surface area contributed by atoms with Crippen molar-refractivity contribution in [2.24, 2.45) is 11.3 Å². The molecule has 0 saturated heterocycles. The van der Waals surface area contributed by atoms with Gasteiger partial charge in [-0.05, 0) is 37.7 Å². The number of alkyl halides is 6. The Morgan fingerprint density at radius 1 is 1.30 bits per heavy atom. The Kier molecular flexibility index (Phi) is 6.19. The maximum absolute atomic E-state index is 13.6. The third kappa shape index (κ3) is 4.58. The normalized spacial score (nSPS) is 29.0. The van der Waals surface area contributed by atoms with Crippen molar-refractivity contribution in [3.63, 3.8) is 0 Å². The van der Waals surface area contributed by atoms with E-state index < -0.39 is 37.2 Å². The Labute approximate surface area is 154 Å². The molecular formula is C19H24F6O2. The van der Waals surface area contributed by atoms with E-state index in [1.165, 1.54) is 6.08 Å². The van der Waals surface area contributed by atoms with E-state index in [1.807, 2.05) is 13.0 Å². The zero-order chi connectivity index (χ0) is 20.5. The van der Waals surface area contributed by atoms with Gasteiger partial charge in [0.25, 0.3) is 0 Å². The first-order chi connectivity index (χ1) is 12.3. The standard InChI is InChI=1S/C19H24F6O2/c1-16-9-4-6-15(26)14(16)8-7-13(16)5-2-3-10-17(27,11-19(23,24)25)18(21,22)12-20/h2,5,7,14,27H,3-4,6,8-12H2,1H3/b5-2+/t14-,16+,17?/m0/s1. The van der Waals surface area contributed by atoms with E-state index in [-0.39, 0.29) is 23.5 Å². The van der Waals surface area contributed by atoms with Crippen molar-refractivity contribution in [2.45, 2.75) is 69.6 Å². The number of hydrogen-bond donors (Lipinski definition) is 1. The summed E-state index contributed by atoms with van der Waals surface area (Å²) in [7, 11) is 0. The van der Waals surface area contributed by atoms with Crippen molar-refractivity contribution in [1.29, 1.82) is 0 Å². The molecule has 0 aromatic rings. The van der Waals surface area contributed by atoms with E-state index in [9.17, 15) is 36.2 Å². The van der Waals surface area contributed by atoms with E-state index in [0.717, 1.165) is 18.4 Å². The third-order valence-corrected chi connectivity index (χ3v) is 5.87. The predicted molar refractivity (Wildman–Crippen MR) is 88.1 cm³/mol. The van der Waals surface area contributed by atoms with Gasteiger partial charge in [0.15, 0.2) is 6.67 Å². The Bertz CT molecular complexity index is 624. The number of carbonyl (C=O) groups is 1. The molecule has 154 valence electrons. The van der Waals surface area contributed by atoms with Crippen molar-refractivity contribution >= 4 is 5.78 Å². The molecule has 0 aliphatic heterocycles. The number of halogens is 6. The van der Waals surface area contributed by atoms with Crippen LogP contribution in [0.1, 0.15) is 51.9 Å². The van der Waals surface area contributed by atoms with Crippen molar-refractivity contribution in [3.05, 3.63) is 23.8 Å². The molecule has 0 heterocycles. The van der Waals surface area contributed by atoms with E-state index >= 15 is 0 Å². The fourth-order valence-electron chi connectivity index (χ4n) is 4.20.